The summed E-state index contributed by atoms with van der Waals surface area (Å²) in [5.74, 6) is -0.644. The van der Waals surface area contributed by atoms with Gasteiger partial charge in [-0.3, -0.25) is 19.7 Å². The highest BCUT2D eigenvalue weighted by molar-refractivity contribution is 5.89. The summed E-state index contributed by atoms with van der Waals surface area (Å²) in [7, 11) is 0. The Labute approximate surface area is 76.3 Å². The Bertz CT molecular complexity index is 245. The Kier molecular flexibility index (Phi) is 3.71. The Morgan fingerprint density at radius 2 is 1.85 bits per heavy atom. The van der Waals surface area contributed by atoms with E-state index < -0.39 is 22.7 Å². The molecule has 0 heterocycles. The second-order valence-electron chi connectivity index (χ2n) is 3.65. The maximum atomic E-state index is 11.0. The lowest BCUT2D eigenvalue weighted by molar-refractivity contribution is -0.467. The second-order valence-corrected chi connectivity index (χ2v) is 3.65. The van der Waals surface area contributed by atoms with Crippen molar-refractivity contribution in [3.63, 3.8) is 0 Å². The van der Waals surface area contributed by atoms with Crippen LogP contribution >= 0.6 is 0 Å². The molecule has 0 amide bonds. The van der Waals surface area contributed by atoms with Gasteiger partial charge in [-0.1, -0.05) is 13.8 Å². The van der Waals surface area contributed by atoms with Crippen LogP contribution in [0.25, 0.3) is 0 Å². The van der Waals surface area contributed by atoms with Gasteiger partial charge in [0, 0.05) is 16.8 Å². The maximum absolute atomic E-state index is 11.0. The molecule has 0 fully saturated rings. The van der Waals surface area contributed by atoms with Crippen molar-refractivity contribution in [2.24, 2.45) is 5.41 Å². The zero-order chi connectivity index (χ0) is 10.6. The zero-order valence-corrected chi connectivity index (χ0v) is 7.99. The quantitative estimate of drug-likeness (QED) is 0.472. The molecule has 0 aromatic carbocycles. The SMILES string of the molecule is CC(=O)C(C)(C)CC(=O)C[N+](=O)[O-]. The van der Waals surface area contributed by atoms with Gasteiger partial charge in [-0.25, -0.2) is 0 Å². The average Bonchev–Trinajstić information content (AvgIpc) is 1.82. The van der Waals surface area contributed by atoms with Crippen molar-refractivity contribution in [2.75, 3.05) is 6.54 Å². The fourth-order valence-electron chi connectivity index (χ4n) is 0.817. The van der Waals surface area contributed by atoms with E-state index in [1.807, 2.05) is 0 Å². The number of ketones is 2. The van der Waals surface area contributed by atoms with Crippen molar-refractivity contribution in [1.29, 1.82) is 0 Å². The summed E-state index contributed by atoms with van der Waals surface area (Å²) in [4.78, 5) is 31.2. The van der Waals surface area contributed by atoms with Crippen LogP contribution in [0.3, 0.4) is 0 Å². The number of nitro groups is 1. The molecule has 0 bridgehead atoms. The summed E-state index contributed by atoms with van der Waals surface area (Å²) in [6.07, 6.45) is -0.0662. The Morgan fingerprint density at radius 1 is 1.38 bits per heavy atom. The van der Waals surface area contributed by atoms with E-state index in [4.69, 9.17) is 0 Å². The topological polar surface area (TPSA) is 77.3 Å². The molecular weight excluding hydrogens is 174 g/mol. The van der Waals surface area contributed by atoms with E-state index in [2.05, 4.69) is 0 Å². The first-order chi connectivity index (χ1) is 5.75. The molecule has 0 rings (SSSR count). The van der Waals surface area contributed by atoms with Crippen LogP contribution in [-0.2, 0) is 9.59 Å². The van der Waals surface area contributed by atoms with Crippen LogP contribution in [0.5, 0.6) is 0 Å². The summed E-state index contributed by atoms with van der Waals surface area (Å²) >= 11 is 0. The molecule has 0 aromatic rings. The first-order valence-corrected chi connectivity index (χ1v) is 3.90. The highest BCUT2D eigenvalue weighted by atomic mass is 16.6. The predicted octanol–water partition coefficient (Wildman–Crippen LogP) is 0.837. The molecule has 0 saturated carbocycles. The van der Waals surface area contributed by atoms with Crippen LogP contribution < -0.4 is 0 Å². The van der Waals surface area contributed by atoms with E-state index in [9.17, 15) is 19.7 Å². The van der Waals surface area contributed by atoms with Gasteiger partial charge in [0.15, 0.2) is 0 Å². The lowest BCUT2D eigenvalue weighted by Crippen LogP contribution is -2.27. The van der Waals surface area contributed by atoms with Crippen LogP contribution in [0.15, 0.2) is 0 Å². The Balaban J connectivity index is 4.20. The lowest BCUT2D eigenvalue weighted by atomic mass is 9.83. The van der Waals surface area contributed by atoms with Gasteiger partial charge < -0.3 is 0 Å². The van der Waals surface area contributed by atoms with Crippen LogP contribution in [0.4, 0.5) is 0 Å². The predicted molar refractivity (Wildman–Crippen MR) is 45.9 cm³/mol. The van der Waals surface area contributed by atoms with Crippen LogP contribution in [0, 0.1) is 15.5 Å². The number of Topliss-reactive ketones (excluding diaryl/α,β-unsaturated/α-hetero) is 2. The van der Waals surface area contributed by atoms with Gasteiger partial charge in [0.1, 0.15) is 5.78 Å². The Hall–Kier alpha value is -1.26. The molecule has 0 saturated heterocycles. The van der Waals surface area contributed by atoms with Gasteiger partial charge in [-0.15, -0.1) is 0 Å². The third-order valence-corrected chi connectivity index (χ3v) is 1.90. The van der Waals surface area contributed by atoms with E-state index in [-0.39, 0.29) is 12.2 Å². The van der Waals surface area contributed by atoms with E-state index >= 15 is 0 Å². The minimum Gasteiger partial charge on any atom is -0.299 e. The average molecular weight is 187 g/mol. The highest BCUT2D eigenvalue weighted by Crippen LogP contribution is 2.21. The molecule has 5 heteroatoms. The van der Waals surface area contributed by atoms with Gasteiger partial charge >= 0.3 is 0 Å². The molecule has 0 unspecified atom stereocenters. The van der Waals surface area contributed by atoms with Crippen LogP contribution in [0.2, 0.25) is 0 Å². The molecule has 0 radical (unpaired) electrons. The maximum Gasteiger partial charge on any atom is 0.261 e. The summed E-state index contributed by atoms with van der Waals surface area (Å²) < 4.78 is 0. The molecule has 74 valence electrons. The standard InChI is InChI=1S/C8H13NO4/c1-6(10)8(2,3)4-7(11)5-9(12)13/h4-5H2,1-3H3. The fraction of sp³-hybridized carbons (Fsp3) is 0.750. The van der Waals surface area contributed by atoms with Crippen LogP contribution in [0.1, 0.15) is 27.2 Å². The largest absolute Gasteiger partial charge is 0.299 e. The van der Waals surface area contributed by atoms with Crippen molar-refractivity contribution in [3.8, 4) is 0 Å². The normalized spacial score (nSPS) is 11.0. The summed E-state index contributed by atoms with van der Waals surface area (Å²) in [6.45, 7) is 3.89. The molecule has 5 nitrogen and oxygen atoms in total. The van der Waals surface area contributed by atoms with Crippen molar-refractivity contribution in [3.05, 3.63) is 10.1 Å². The minimum absolute atomic E-state index is 0.0662. The van der Waals surface area contributed by atoms with Crippen molar-refractivity contribution in [1.82, 2.24) is 0 Å². The minimum atomic E-state index is -0.785. The van der Waals surface area contributed by atoms with Gasteiger partial charge in [0.2, 0.25) is 5.78 Å². The molecule has 0 aliphatic heterocycles. The molecule has 13 heavy (non-hydrogen) atoms. The van der Waals surface area contributed by atoms with Crippen molar-refractivity contribution < 1.29 is 14.5 Å². The van der Waals surface area contributed by atoms with E-state index in [1.165, 1.54) is 6.92 Å². The van der Waals surface area contributed by atoms with Crippen molar-refractivity contribution in [2.45, 2.75) is 27.2 Å². The smallest absolute Gasteiger partial charge is 0.261 e. The molecule has 0 atom stereocenters. The number of hydrogen-bond donors (Lipinski definition) is 0. The third-order valence-electron chi connectivity index (χ3n) is 1.90. The zero-order valence-electron chi connectivity index (χ0n) is 7.99. The van der Waals surface area contributed by atoms with Gasteiger partial charge in [-0.2, -0.15) is 0 Å². The summed E-state index contributed by atoms with van der Waals surface area (Å²) in [5.41, 5.74) is -0.785. The molecule has 0 N–H and O–H groups in total. The third kappa shape index (κ3) is 4.35. The number of carbonyl (C=O) groups is 2. The first kappa shape index (κ1) is 11.7. The molecule has 0 aliphatic rings. The fourth-order valence-corrected chi connectivity index (χ4v) is 0.817. The molecule has 0 aromatic heterocycles. The molecule has 0 spiro atoms. The van der Waals surface area contributed by atoms with Crippen molar-refractivity contribution >= 4 is 11.6 Å². The summed E-state index contributed by atoms with van der Waals surface area (Å²) in [5, 5.41) is 9.97. The number of rotatable bonds is 5. The van der Waals surface area contributed by atoms with E-state index in [0.717, 1.165) is 0 Å². The van der Waals surface area contributed by atoms with E-state index in [1.54, 1.807) is 13.8 Å². The Morgan fingerprint density at radius 3 is 2.15 bits per heavy atom. The number of hydrogen-bond acceptors (Lipinski definition) is 4. The second kappa shape index (κ2) is 4.11. The van der Waals surface area contributed by atoms with Crippen LogP contribution in [-0.4, -0.2) is 23.0 Å². The van der Waals surface area contributed by atoms with Gasteiger partial charge in [0.05, 0.1) is 0 Å². The molecule has 0 aliphatic carbocycles. The first-order valence-electron chi connectivity index (χ1n) is 3.90. The number of nitrogens with zero attached hydrogens (tertiary/aromatic N) is 1. The highest BCUT2D eigenvalue weighted by Gasteiger charge is 2.28. The summed E-state index contributed by atoms with van der Waals surface area (Å²) in [6, 6.07) is 0. The molecular formula is C8H13NO4. The van der Waals surface area contributed by atoms with E-state index in [0.29, 0.717) is 0 Å². The van der Waals surface area contributed by atoms with Gasteiger partial charge in [-0.05, 0) is 6.92 Å². The monoisotopic (exact) mass is 187 g/mol. The lowest BCUT2D eigenvalue weighted by Gasteiger charge is -2.18. The number of carbonyl (C=O) groups excluding carboxylic acids is 2. The van der Waals surface area contributed by atoms with Gasteiger partial charge in [0.25, 0.3) is 6.54 Å².